The Hall–Kier alpha value is -1.59. The number of benzene rings is 1. The number of piperidine rings is 1. The van der Waals surface area contributed by atoms with Gasteiger partial charge in [-0.1, -0.05) is 12.1 Å². The Labute approximate surface area is 144 Å². The second kappa shape index (κ2) is 10.2. The van der Waals surface area contributed by atoms with E-state index in [-0.39, 0.29) is 24.2 Å². The lowest BCUT2D eigenvalue weighted by Crippen LogP contribution is -2.29. The number of amides is 2. The van der Waals surface area contributed by atoms with Crippen LogP contribution in [0.15, 0.2) is 24.3 Å². The molecule has 0 radical (unpaired) electrons. The molecule has 128 valence electrons. The van der Waals surface area contributed by atoms with Crippen molar-refractivity contribution in [3.8, 4) is 0 Å². The molecule has 1 heterocycles. The van der Waals surface area contributed by atoms with Gasteiger partial charge in [-0.05, 0) is 56.0 Å². The highest BCUT2D eigenvalue weighted by Crippen LogP contribution is 2.17. The smallest absolute Gasteiger partial charge is 0.221 e. The highest BCUT2D eigenvalue weighted by Gasteiger charge is 2.14. The van der Waals surface area contributed by atoms with Gasteiger partial charge >= 0.3 is 0 Å². The summed E-state index contributed by atoms with van der Waals surface area (Å²) in [6.45, 7) is 4.17. The first-order valence-electron chi connectivity index (χ1n) is 7.97. The molecular weight excluding hydrogens is 314 g/mol. The average molecular weight is 340 g/mol. The molecule has 0 spiro atoms. The molecule has 0 aliphatic carbocycles. The molecule has 6 heteroatoms. The monoisotopic (exact) mass is 339 g/mol. The van der Waals surface area contributed by atoms with Crippen LogP contribution < -0.4 is 16.0 Å². The van der Waals surface area contributed by atoms with Gasteiger partial charge in [-0.3, -0.25) is 9.59 Å². The highest BCUT2D eigenvalue weighted by molar-refractivity contribution is 5.88. The van der Waals surface area contributed by atoms with E-state index in [1.807, 2.05) is 24.3 Å². The number of hydrogen-bond acceptors (Lipinski definition) is 3. The quantitative estimate of drug-likeness (QED) is 0.745. The fraction of sp³-hybridized carbons (Fsp3) is 0.529. The molecule has 1 aromatic rings. The Bertz CT molecular complexity index is 499. The van der Waals surface area contributed by atoms with Gasteiger partial charge in [0.25, 0.3) is 0 Å². The summed E-state index contributed by atoms with van der Waals surface area (Å²) < 4.78 is 0. The first-order chi connectivity index (χ1) is 10.6. The summed E-state index contributed by atoms with van der Waals surface area (Å²) in [5.41, 5.74) is 1.80. The van der Waals surface area contributed by atoms with Crippen LogP contribution in [0.2, 0.25) is 0 Å². The lowest BCUT2D eigenvalue weighted by Gasteiger charge is -2.22. The molecule has 2 rings (SSSR count). The average Bonchev–Trinajstić information content (AvgIpc) is 2.53. The van der Waals surface area contributed by atoms with Crippen molar-refractivity contribution in [2.24, 2.45) is 5.92 Å². The SMILES string of the molecule is CC(=O)Nc1ccc(CNC(=O)CCC2CCNCC2)cc1.Cl. The maximum absolute atomic E-state index is 11.9. The van der Waals surface area contributed by atoms with E-state index in [4.69, 9.17) is 0 Å². The maximum atomic E-state index is 11.9. The van der Waals surface area contributed by atoms with E-state index in [1.54, 1.807) is 0 Å². The molecule has 0 saturated carbocycles. The predicted octanol–water partition coefficient (Wildman–Crippen LogP) is 2.46. The van der Waals surface area contributed by atoms with Crippen molar-refractivity contribution in [3.05, 3.63) is 29.8 Å². The highest BCUT2D eigenvalue weighted by atomic mass is 35.5. The number of halogens is 1. The Morgan fingerprint density at radius 2 is 1.83 bits per heavy atom. The van der Waals surface area contributed by atoms with Crippen LogP contribution in [0.25, 0.3) is 0 Å². The van der Waals surface area contributed by atoms with Gasteiger partial charge < -0.3 is 16.0 Å². The molecule has 1 fully saturated rings. The van der Waals surface area contributed by atoms with Crippen LogP contribution in [0.4, 0.5) is 5.69 Å². The van der Waals surface area contributed by atoms with Gasteiger partial charge in [0, 0.05) is 25.6 Å². The molecule has 0 atom stereocenters. The Kier molecular flexibility index (Phi) is 8.66. The molecule has 0 aromatic heterocycles. The molecule has 0 unspecified atom stereocenters. The fourth-order valence-electron chi connectivity index (χ4n) is 2.70. The third-order valence-electron chi connectivity index (χ3n) is 4.00. The minimum absolute atomic E-state index is 0. The summed E-state index contributed by atoms with van der Waals surface area (Å²) in [4.78, 5) is 22.8. The molecule has 0 bridgehead atoms. The predicted molar refractivity (Wildman–Crippen MR) is 94.7 cm³/mol. The third-order valence-corrected chi connectivity index (χ3v) is 4.00. The van der Waals surface area contributed by atoms with Crippen LogP contribution in [0.1, 0.15) is 38.2 Å². The molecule has 23 heavy (non-hydrogen) atoms. The lowest BCUT2D eigenvalue weighted by molar-refractivity contribution is -0.121. The van der Waals surface area contributed by atoms with Crippen molar-refractivity contribution in [1.29, 1.82) is 0 Å². The van der Waals surface area contributed by atoms with Gasteiger partial charge in [0.1, 0.15) is 0 Å². The van der Waals surface area contributed by atoms with Crippen LogP contribution in [-0.4, -0.2) is 24.9 Å². The summed E-state index contributed by atoms with van der Waals surface area (Å²) in [5, 5.41) is 9.02. The molecule has 1 saturated heterocycles. The van der Waals surface area contributed by atoms with Crippen molar-refractivity contribution in [3.63, 3.8) is 0 Å². The maximum Gasteiger partial charge on any atom is 0.221 e. The van der Waals surface area contributed by atoms with Crippen molar-refractivity contribution in [2.75, 3.05) is 18.4 Å². The van der Waals surface area contributed by atoms with Crippen molar-refractivity contribution >= 4 is 29.9 Å². The van der Waals surface area contributed by atoms with Crippen LogP contribution in [0.5, 0.6) is 0 Å². The molecular formula is C17H26ClN3O2. The minimum atomic E-state index is -0.0843. The molecule has 3 N–H and O–H groups in total. The van der Waals surface area contributed by atoms with E-state index in [0.29, 0.717) is 18.9 Å². The van der Waals surface area contributed by atoms with E-state index >= 15 is 0 Å². The summed E-state index contributed by atoms with van der Waals surface area (Å²) >= 11 is 0. The first-order valence-corrected chi connectivity index (χ1v) is 7.97. The zero-order valence-corrected chi connectivity index (χ0v) is 14.4. The van der Waals surface area contributed by atoms with Crippen LogP contribution >= 0.6 is 12.4 Å². The fourth-order valence-corrected chi connectivity index (χ4v) is 2.70. The van der Waals surface area contributed by atoms with Crippen LogP contribution in [0, 0.1) is 5.92 Å². The topological polar surface area (TPSA) is 70.2 Å². The second-order valence-electron chi connectivity index (χ2n) is 5.89. The number of anilines is 1. The second-order valence-corrected chi connectivity index (χ2v) is 5.89. The van der Waals surface area contributed by atoms with E-state index in [9.17, 15) is 9.59 Å². The number of rotatable bonds is 6. The Balaban J connectivity index is 0.00000264. The van der Waals surface area contributed by atoms with Gasteiger partial charge in [0.05, 0.1) is 0 Å². The summed E-state index contributed by atoms with van der Waals surface area (Å²) in [6, 6.07) is 7.52. The third kappa shape index (κ3) is 7.48. The van der Waals surface area contributed by atoms with Crippen molar-refractivity contribution in [2.45, 2.75) is 39.2 Å². The number of nitrogens with one attached hydrogen (secondary N) is 3. The van der Waals surface area contributed by atoms with Gasteiger partial charge in [-0.25, -0.2) is 0 Å². The Morgan fingerprint density at radius 1 is 1.17 bits per heavy atom. The van der Waals surface area contributed by atoms with Gasteiger partial charge in [0.15, 0.2) is 0 Å². The van der Waals surface area contributed by atoms with E-state index in [1.165, 1.54) is 19.8 Å². The van der Waals surface area contributed by atoms with E-state index < -0.39 is 0 Å². The van der Waals surface area contributed by atoms with Crippen molar-refractivity contribution < 1.29 is 9.59 Å². The van der Waals surface area contributed by atoms with Crippen LogP contribution in [0.3, 0.4) is 0 Å². The summed E-state index contributed by atoms with van der Waals surface area (Å²) in [7, 11) is 0. The van der Waals surface area contributed by atoms with E-state index in [0.717, 1.165) is 30.8 Å². The first kappa shape index (κ1) is 19.5. The standard InChI is InChI=1S/C17H25N3O2.ClH/c1-13(21)20-16-5-2-15(3-6-16)12-19-17(22)7-4-14-8-10-18-11-9-14;/h2-3,5-6,14,18H,4,7-12H2,1H3,(H,19,22)(H,20,21);1H. The zero-order valence-electron chi connectivity index (χ0n) is 13.6. The molecule has 1 aliphatic rings. The Morgan fingerprint density at radius 3 is 2.43 bits per heavy atom. The normalized spacial score (nSPS) is 14.7. The number of carbonyl (C=O) groups is 2. The summed E-state index contributed by atoms with van der Waals surface area (Å²) in [5.74, 6) is 0.715. The lowest BCUT2D eigenvalue weighted by atomic mass is 9.93. The van der Waals surface area contributed by atoms with E-state index in [2.05, 4.69) is 16.0 Å². The number of carbonyl (C=O) groups excluding carboxylic acids is 2. The minimum Gasteiger partial charge on any atom is -0.352 e. The largest absolute Gasteiger partial charge is 0.352 e. The van der Waals surface area contributed by atoms with Gasteiger partial charge in [-0.2, -0.15) is 0 Å². The molecule has 5 nitrogen and oxygen atoms in total. The summed E-state index contributed by atoms with van der Waals surface area (Å²) in [6.07, 6.45) is 3.94. The van der Waals surface area contributed by atoms with Gasteiger partial charge in [0.2, 0.25) is 11.8 Å². The molecule has 1 aromatic carbocycles. The van der Waals surface area contributed by atoms with Crippen LogP contribution in [-0.2, 0) is 16.1 Å². The number of hydrogen-bond donors (Lipinski definition) is 3. The van der Waals surface area contributed by atoms with Crippen molar-refractivity contribution in [1.82, 2.24) is 10.6 Å². The van der Waals surface area contributed by atoms with Gasteiger partial charge in [-0.15, -0.1) is 12.4 Å². The molecule has 1 aliphatic heterocycles. The molecule has 2 amide bonds. The zero-order chi connectivity index (χ0) is 15.8.